The normalized spacial score (nSPS) is 17.5. The van der Waals surface area contributed by atoms with Gasteiger partial charge in [0.05, 0.1) is 53.6 Å². The zero-order chi connectivity index (χ0) is 22.9. The molecule has 32 heavy (non-hydrogen) atoms. The van der Waals surface area contributed by atoms with Gasteiger partial charge in [-0.3, -0.25) is 4.79 Å². The van der Waals surface area contributed by atoms with Gasteiger partial charge in [-0.05, 0) is 43.7 Å². The zero-order valence-corrected chi connectivity index (χ0v) is 19.1. The van der Waals surface area contributed by atoms with Gasteiger partial charge in [-0.1, -0.05) is 0 Å². The van der Waals surface area contributed by atoms with Gasteiger partial charge in [0.1, 0.15) is 5.75 Å². The number of rotatable bonds is 7. The molecule has 0 aliphatic carbocycles. The number of hydrogen-bond acceptors (Lipinski definition) is 7. The lowest BCUT2D eigenvalue weighted by molar-refractivity contribution is 0.0938. The number of aryl methyl sites for hydroxylation is 1. The van der Waals surface area contributed by atoms with Gasteiger partial charge < -0.3 is 14.8 Å². The fourth-order valence-corrected chi connectivity index (χ4v) is 5.68. The van der Waals surface area contributed by atoms with E-state index in [1.165, 1.54) is 0 Å². The summed E-state index contributed by atoms with van der Waals surface area (Å²) in [5, 5.41) is 8.09. The first-order chi connectivity index (χ1) is 15.3. The lowest BCUT2D eigenvalue weighted by Crippen LogP contribution is -2.27. The monoisotopic (exact) mass is 458 g/mol. The van der Waals surface area contributed by atoms with Crippen LogP contribution in [0.25, 0.3) is 22.3 Å². The topological polar surface area (TPSA) is 112 Å². The molecular weight excluding hydrogens is 432 g/mol. The summed E-state index contributed by atoms with van der Waals surface area (Å²) < 4.78 is 36.1. The average molecular weight is 459 g/mol. The van der Waals surface area contributed by atoms with Gasteiger partial charge in [0.25, 0.3) is 5.91 Å². The number of hydrogen-bond donors (Lipinski definition) is 1. The van der Waals surface area contributed by atoms with E-state index in [9.17, 15) is 13.2 Å². The summed E-state index contributed by atoms with van der Waals surface area (Å²) in [6, 6.07) is 8.83. The Morgan fingerprint density at radius 1 is 1.25 bits per heavy atom. The van der Waals surface area contributed by atoms with Crippen LogP contribution >= 0.6 is 0 Å². The first-order valence-electron chi connectivity index (χ1n) is 10.3. The molecule has 0 saturated carbocycles. The Morgan fingerprint density at radius 2 is 2.00 bits per heavy atom. The van der Waals surface area contributed by atoms with Crippen LogP contribution in [-0.4, -0.2) is 68.0 Å². The Hall–Kier alpha value is -2.98. The highest BCUT2D eigenvalue weighted by Gasteiger charge is 2.32. The van der Waals surface area contributed by atoms with Crippen molar-refractivity contribution in [3.05, 3.63) is 41.6 Å². The molecule has 1 aliphatic rings. The van der Waals surface area contributed by atoms with E-state index >= 15 is 0 Å². The molecular formula is C22H26N4O5S. The zero-order valence-electron chi connectivity index (χ0n) is 18.3. The van der Waals surface area contributed by atoms with Gasteiger partial charge in [0.15, 0.2) is 15.5 Å². The van der Waals surface area contributed by atoms with Crippen molar-refractivity contribution in [2.24, 2.45) is 0 Å². The number of sulfone groups is 1. The molecule has 1 unspecified atom stereocenters. The third-order valence-corrected chi connectivity index (χ3v) is 7.36. The van der Waals surface area contributed by atoms with Crippen molar-refractivity contribution in [3.8, 4) is 17.0 Å². The summed E-state index contributed by atoms with van der Waals surface area (Å²) in [5.74, 6) is 0.600. The highest BCUT2D eigenvalue weighted by Crippen LogP contribution is 2.32. The van der Waals surface area contributed by atoms with Gasteiger partial charge in [-0.2, -0.15) is 5.10 Å². The Kier molecular flexibility index (Phi) is 6.16. The van der Waals surface area contributed by atoms with E-state index in [0.717, 1.165) is 5.56 Å². The molecule has 4 rings (SSSR count). The maximum absolute atomic E-state index is 13.1. The van der Waals surface area contributed by atoms with E-state index in [0.29, 0.717) is 53.3 Å². The number of benzene rings is 1. The Labute approximate surface area is 186 Å². The molecule has 3 aromatic rings. The minimum Gasteiger partial charge on any atom is -0.497 e. The number of amides is 1. The first kappa shape index (κ1) is 22.2. The van der Waals surface area contributed by atoms with E-state index in [2.05, 4.69) is 10.4 Å². The number of carbonyl (C=O) groups is 1. The van der Waals surface area contributed by atoms with Crippen molar-refractivity contribution >= 4 is 26.8 Å². The molecule has 0 spiro atoms. The molecule has 0 bridgehead atoms. The minimum absolute atomic E-state index is 0.0209. The van der Waals surface area contributed by atoms with Gasteiger partial charge in [-0.15, -0.1) is 0 Å². The highest BCUT2D eigenvalue weighted by atomic mass is 32.2. The molecule has 1 aliphatic heterocycles. The van der Waals surface area contributed by atoms with E-state index in [-0.39, 0.29) is 23.5 Å². The largest absolute Gasteiger partial charge is 0.497 e. The third kappa shape index (κ3) is 4.33. The Morgan fingerprint density at radius 3 is 2.62 bits per heavy atom. The Balaban J connectivity index is 1.86. The van der Waals surface area contributed by atoms with Gasteiger partial charge in [0.2, 0.25) is 0 Å². The lowest BCUT2D eigenvalue weighted by atomic mass is 10.0. The predicted molar refractivity (Wildman–Crippen MR) is 121 cm³/mol. The first-order valence-corrected chi connectivity index (χ1v) is 12.2. The molecule has 1 amide bonds. The molecule has 1 fully saturated rings. The molecule has 1 saturated heterocycles. The second kappa shape index (κ2) is 8.87. The standard InChI is InChI=1S/C22H26N4O5S/c1-14-20-18(22(27)23-9-10-30-2)12-19(15-4-6-17(31-3)7-5-15)24-21(20)26(25-14)16-8-11-32(28,29)13-16/h4-7,12,16H,8-11,13H2,1-3H3,(H,23,27). The number of methoxy groups -OCH3 is 2. The average Bonchev–Trinajstić information content (AvgIpc) is 3.32. The summed E-state index contributed by atoms with van der Waals surface area (Å²) in [5.41, 5.74) is 2.99. The third-order valence-electron chi connectivity index (χ3n) is 5.61. The molecule has 2 aromatic heterocycles. The van der Waals surface area contributed by atoms with Crippen LogP contribution in [0.2, 0.25) is 0 Å². The van der Waals surface area contributed by atoms with Crippen LogP contribution in [0, 0.1) is 6.92 Å². The predicted octanol–water partition coefficient (Wildman–Crippen LogP) is 2.15. The number of pyridine rings is 1. The number of nitrogens with zero attached hydrogens (tertiary/aromatic N) is 3. The van der Waals surface area contributed by atoms with Crippen molar-refractivity contribution in [2.75, 3.05) is 38.9 Å². The van der Waals surface area contributed by atoms with Crippen molar-refractivity contribution in [2.45, 2.75) is 19.4 Å². The van der Waals surface area contributed by atoms with Crippen molar-refractivity contribution in [1.82, 2.24) is 20.1 Å². The van der Waals surface area contributed by atoms with E-state index in [4.69, 9.17) is 14.5 Å². The van der Waals surface area contributed by atoms with E-state index < -0.39 is 9.84 Å². The van der Waals surface area contributed by atoms with Crippen molar-refractivity contribution in [1.29, 1.82) is 0 Å². The van der Waals surface area contributed by atoms with Crippen molar-refractivity contribution < 1.29 is 22.7 Å². The molecule has 0 radical (unpaired) electrons. The van der Waals surface area contributed by atoms with E-state index in [1.54, 1.807) is 25.0 Å². The molecule has 170 valence electrons. The Bertz CT molecular complexity index is 1250. The summed E-state index contributed by atoms with van der Waals surface area (Å²) in [6.45, 7) is 2.57. The molecule has 9 nitrogen and oxygen atoms in total. The minimum atomic E-state index is -3.11. The molecule has 1 aromatic carbocycles. The number of aromatic nitrogens is 3. The molecule has 1 N–H and O–H groups in total. The van der Waals surface area contributed by atoms with Gasteiger partial charge in [0, 0.05) is 19.2 Å². The fourth-order valence-electron chi connectivity index (χ4n) is 3.99. The second-order valence-electron chi connectivity index (χ2n) is 7.82. The maximum atomic E-state index is 13.1. The number of nitrogens with one attached hydrogen (secondary N) is 1. The van der Waals surface area contributed by atoms with Crippen LogP contribution in [0.3, 0.4) is 0 Å². The van der Waals surface area contributed by atoms with Crippen LogP contribution in [0.4, 0.5) is 0 Å². The van der Waals surface area contributed by atoms with Crippen LogP contribution < -0.4 is 10.1 Å². The van der Waals surface area contributed by atoms with E-state index in [1.807, 2.05) is 31.2 Å². The summed E-state index contributed by atoms with van der Waals surface area (Å²) >= 11 is 0. The number of ether oxygens (including phenoxy) is 2. The van der Waals surface area contributed by atoms with Gasteiger partial charge >= 0.3 is 0 Å². The van der Waals surface area contributed by atoms with Gasteiger partial charge in [-0.25, -0.2) is 18.1 Å². The SMILES string of the molecule is COCCNC(=O)c1cc(-c2ccc(OC)cc2)nc2c1c(C)nn2C1CCS(=O)(=O)C1. The summed E-state index contributed by atoms with van der Waals surface area (Å²) in [7, 11) is 0.0578. The number of fused-ring (bicyclic) bond motifs is 1. The second-order valence-corrected chi connectivity index (χ2v) is 10.0. The molecule has 1 atom stereocenters. The molecule has 3 heterocycles. The van der Waals surface area contributed by atoms with Crippen LogP contribution in [-0.2, 0) is 14.6 Å². The number of carbonyl (C=O) groups excluding carboxylic acids is 1. The smallest absolute Gasteiger partial charge is 0.252 e. The van der Waals surface area contributed by atoms with Crippen LogP contribution in [0.15, 0.2) is 30.3 Å². The highest BCUT2D eigenvalue weighted by molar-refractivity contribution is 7.91. The molecule has 10 heteroatoms. The van der Waals surface area contributed by atoms with Crippen LogP contribution in [0.5, 0.6) is 5.75 Å². The fraction of sp³-hybridized carbons (Fsp3) is 0.409. The lowest BCUT2D eigenvalue weighted by Gasteiger charge is -2.12. The maximum Gasteiger partial charge on any atom is 0.252 e. The summed E-state index contributed by atoms with van der Waals surface area (Å²) in [4.78, 5) is 17.9. The quantitative estimate of drug-likeness (QED) is 0.540. The van der Waals surface area contributed by atoms with Crippen molar-refractivity contribution in [3.63, 3.8) is 0 Å². The summed E-state index contributed by atoms with van der Waals surface area (Å²) in [6.07, 6.45) is 0.475. The van der Waals surface area contributed by atoms with Crippen LogP contribution in [0.1, 0.15) is 28.5 Å².